The monoisotopic (exact) mass is 472 g/mol. The molecular weight excluding hydrogens is 457 g/mol. The molecule has 0 unspecified atom stereocenters. The minimum atomic E-state index is -6.47. The molecule has 0 saturated heterocycles. The molecule has 2 aromatic rings. The van der Waals surface area contributed by atoms with Gasteiger partial charge in [-0.05, 0) is 30.2 Å². The van der Waals surface area contributed by atoms with Crippen molar-refractivity contribution >= 4 is 17.8 Å². The van der Waals surface area contributed by atoms with Gasteiger partial charge in [0, 0.05) is 0 Å². The SMILES string of the molecule is COc1cc(/C=N/NC(F)(F)C(F)(F)C(F)(F)F)cc(Cl)c1OCc1cccc(C)c1. The number of benzene rings is 2. The lowest BCUT2D eigenvalue weighted by Gasteiger charge is -2.27. The summed E-state index contributed by atoms with van der Waals surface area (Å²) in [6.45, 7) is 2.03. The second-order valence-electron chi connectivity index (χ2n) is 6.33. The normalized spacial score (nSPS) is 12.8. The van der Waals surface area contributed by atoms with E-state index in [4.69, 9.17) is 21.1 Å². The Morgan fingerprint density at radius 2 is 1.74 bits per heavy atom. The number of ether oxygens (including phenoxy) is 2. The van der Waals surface area contributed by atoms with Crippen LogP contribution >= 0.6 is 11.6 Å². The fourth-order valence-corrected chi connectivity index (χ4v) is 2.62. The molecule has 0 aliphatic rings. The summed E-state index contributed by atoms with van der Waals surface area (Å²) >= 11 is 6.11. The van der Waals surface area contributed by atoms with Crippen LogP contribution in [0.15, 0.2) is 41.5 Å². The molecular formula is C19H16ClF7N2O2. The van der Waals surface area contributed by atoms with E-state index in [1.165, 1.54) is 19.2 Å². The summed E-state index contributed by atoms with van der Waals surface area (Å²) in [5, 5.41) is 2.76. The minimum absolute atomic E-state index is 0.0246. The van der Waals surface area contributed by atoms with Gasteiger partial charge in [0.15, 0.2) is 11.5 Å². The molecule has 0 radical (unpaired) electrons. The van der Waals surface area contributed by atoms with Crippen molar-refractivity contribution < 1.29 is 40.2 Å². The smallest absolute Gasteiger partial charge is 0.462 e. The molecule has 12 heteroatoms. The second kappa shape index (κ2) is 9.21. The average molecular weight is 473 g/mol. The standard InChI is InChI=1S/C19H16ClF7N2O2/c1-11-4-3-5-12(6-11)10-31-16-14(20)7-13(8-15(16)30-2)9-28-29-19(26,27)17(21,22)18(23,24)25/h3-9,29H,10H2,1-2H3/b28-9+. The highest BCUT2D eigenvalue weighted by atomic mass is 35.5. The Hall–Kier alpha value is -2.69. The fourth-order valence-electron chi connectivity index (χ4n) is 2.35. The number of halogens is 8. The zero-order chi connectivity index (χ0) is 23.4. The van der Waals surface area contributed by atoms with E-state index in [1.807, 2.05) is 31.2 Å². The predicted molar refractivity (Wildman–Crippen MR) is 100 cm³/mol. The van der Waals surface area contributed by atoms with E-state index in [1.54, 1.807) is 0 Å². The lowest BCUT2D eigenvalue weighted by molar-refractivity contribution is -0.361. The summed E-state index contributed by atoms with van der Waals surface area (Å²) in [7, 11) is 1.27. The van der Waals surface area contributed by atoms with Gasteiger partial charge in [0.05, 0.1) is 18.3 Å². The zero-order valence-electron chi connectivity index (χ0n) is 16.0. The van der Waals surface area contributed by atoms with Crippen LogP contribution in [0.5, 0.6) is 11.5 Å². The van der Waals surface area contributed by atoms with E-state index in [0.717, 1.165) is 11.1 Å². The van der Waals surface area contributed by atoms with E-state index in [0.29, 0.717) is 11.6 Å². The van der Waals surface area contributed by atoms with Crippen LogP contribution in [0.2, 0.25) is 5.02 Å². The van der Waals surface area contributed by atoms with Crippen molar-refractivity contribution in [1.82, 2.24) is 5.43 Å². The Bertz CT molecular complexity index is 949. The van der Waals surface area contributed by atoms with Gasteiger partial charge in [0.2, 0.25) is 0 Å². The molecule has 0 fully saturated rings. The van der Waals surface area contributed by atoms with Crippen LogP contribution in [-0.4, -0.2) is 31.5 Å². The Morgan fingerprint density at radius 1 is 1.06 bits per heavy atom. The van der Waals surface area contributed by atoms with E-state index in [9.17, 15) is 30.7 Å². The van der Waals surface area contributed by atoms with E-state index < -0.39 is 18.1 Å². The Balaban J connectivity index is 2.17. The Labute approximate surface area is 177 Å². The molecule has 0 saturated carbocycles. The van der Waals surface area contributed by atoms with Gasteiger partial charge < -0.3 is 9.47 Å². The van der Waals surface area contributed by atoms with Crippen LogP contribution in [0.4, 0.5) is 30.7 Å². The van der Waals surface area contributed by atoms with Gasteiger partial charge in [-0.25, -0.2) is 5.43 Å². The molecule has 170 valence electrons. The summed E-state index contributed by atoms with van der Waals surface area (Å²) in [6, 6.07) is 4.15. The predicted octanol–water partition coefficient (Wildman–Crippen LogP) is 5.95. The molecule has 1 N–H and O–H groups in total. The Kier molecular flexibility index (Phi) is 7.30. The highest BCUT2D eigenvalue weighted by Crippen LogP contribution is 2.45. The van der Waals surface area contributed by atoms with Crippen LogP contribution < -0.4 is 14.9 Å². The Morgan fingerprint density at radius 3 is 2.32 bits per heavy atom. The van der Waals surface area contributed by atoms with E-state index in [2.05, 4.69) is 5.10 Å². The first kappa shape index (κ1) is 24.6. The van der Waals surface area contributed by atoms with Gasteiger partial charge >= 0.3 is 18.1 Å². The molecule has 0 bridgehead atoms. The third-order valence-corrected chi connectivity index (χ3v) is 4.17. The maximum atomic E-state index is 13.2. The second-order valence-corrected chi connectivity index (χ2v) is 6.74. The maximum Gasteiger partial charge on any atom is 0.462 e. The zero-order valence-corrected chi connectivity index (χ0v) is 16.8. The largest absolute Gasteiger partial charge is 0.493 e. The number of hydrazone groups is 1. The molecule has 0 atom stereocenters. The van der Waals surface area contributed by atoms with Crippen molar-refractivity contribution in [3.8, 4) is 11.5 Å². The summed E-state index contributed by atoms with van der Waals surface area (Å²) in [5.41, 5.74) is 2.34. The van der Waals surface area contributed by atoms with Crippen LogP contribution in [-0.2, 0) is 6.61 Å². The summed E-state index contributed by atoms with van der Waals surface area (Å²) < 4.78 is 99.2. The number of rotatable bonds is 8. The van der Waals surface area contributed by atoms with Crippen molar-refractivity contribution in [2.75, 3.05) is 7.11 Å². The number of nitrogens with zero attached hydrogens (tertiary/aromatic N) is 1. The molecule has 2 rings (SSSR count). The van der Waals surface area contributed by atoms with Crippen molar-refractivity contribution in [2.24, 2.45) is 5.10 Å². The third-order valence-electron chi connectivity index (χ3n) is 3.89. The topological polar surface area (TPSA) is 42.8 Å². The van der Waals surface area contributed by atoms with Crippen LogP contribution in [0, 0.1) is 6.92 Å². The first-order chi connectivity index (χ1) is 14.3. The van der Waals surface area contributed by atoms with Gasteiger partial charge in [-0.1, -0.05) is 41.4 Å². The number of hydrogen-bond acceptors (Lipinski definition) is 4. The minimum Gasteiger partial charge on any atom is -0.493 e. The van der Waals surface area contributed by atoms with Crippen LogP contribution in [0.1, 0.15) is 16.7 Å². The van der Waals surface area contributed by atoms with Gasteiger partial charge in [-0.3, -0.25) is 0 Å². The molecule has 0 spiro atoms. The van der Waals surface area contributed by atoms with Crippen molar-refractivity contribution in [3.05, 3.63) is 58.1 Å². The van der Waals surface area contributed by atoms with E-state index >= 15 is 0 Å². The molecule has 0 heterocycles. The number of aryl methyl sites for hydroxylation is 1. The van der Waals surface area contributed by atoms with Crippen molar-refractivity contribution in [3.63, 3.8) is 0 Å². The molecule has 31 heavy (non-hydrogen) atoms. The maximum absolute atomic E-state index is 13.2. The highest BCUT2D eigenvalue weighted by molar-refractivity contribution is 6.32. The number of methoxy groups -OCH3 is 1. The average Bonchev–Trinajstić information content (AvgIpc) is 2.65. The first-order valence-corrected chi connectivity index (χ1v) is 8.85. The summed E-state index contributed by atoms with van der Waals surface area (Å²) in [5.74, 6) is -6.15. The number of alkyl halides is 7. The molecule has 0 amide bonds. The molecule has 0 aliphatic carbocycles. The highest BCUT2D eigenvalue weighted by Gasteiger charge is 2.73. The van der Waals surface area contributed by atoms with Crippen LogP contribution in [0.25, 0.3) is 0 Å². The molecule has 4 nitrogen and oxygen atoms in total. The number of nitrogens with one attached hydrogen (secondary N) is 1. The van der Waals surface area contributed by atoms with E-state index in [-0.39, 0.29) is 28.7 Å². The van der Waals surface area contributed by atoms with Gasteiger partial charge in [0.25, 0.3) is 0 Å². The van der Waals surface area contributed by atoms with Crippen molar-refractivity contribution in [1.29, 1.82) is 0 Å². The fraction of sp³-hybridized carbons (Fsp3) is 0.316. The lowest BCUT2D eigenvalue weighted by Crippen LogP contribution is -2.58. The van der Waals surface area contributed by atoms with Crippen LogP contribution in [0.3, 0.4) is 0 Å². The quantitative estimate of drug-likeness (QED) is 0.223. The number of hydrogen-bond donors (Lipinski definition) is 1. The lowest BCUT2D eigenvalue weighted by atomic mass is 10.1. The van der Waals surface area contributed by atoms with Crippen molar-refractivity contribution in [2.45, 2.75) is 31.7 Å². The summed E-state index contributed by atoms with van der Waals surface area (Å²) in [6.07, 6.45) is -5.89. The summed E-state index contributed by atoms with van der Waals surface area (Å²) in [4.78, 5) is 0. The molecule has 2 aromatic carbocycles. The molecule has 0 aliphatic heterocycles. The third kappa shape index (κ3) is 5.72. The molecule has 0 aromatic heterocycles. The first-order valence-electron chi connectivity index (χ1n) is 8.47. The van der Waals surface area contributed by atoms with Gasteiger partial charge in [-0.2, -0.15) is 35.8 Å². The van der Waals surface area contributed by atoms with Gasteiger partial charge in [0.1, 0.15) is 6.61 Å². The van der Waals surface area contributed by atoms with Gasteiger partial charge in [-0.15, -0.1) is 0 Å².